The molecule has 0 aromatic heterocycles. The predicted molar refractivity (Wildman–Crippen MR) is 58.2 cm³/mol. The molecule has 0 aliphatic carbocycles. The molecule has 0 spiro atoms. The molecule has 0 aromatic rings. The molecular weight excluding hydrogens is 207 g/mol. The van der Waals surface area contributed by atoms with Crippen molar-refractivity contribution in [2.45, 2.75) is 45.4 Å². The van der Waals surface area contributed by atoms with Gasteiger partial charge in [0.15, 0.2) is 0 Å². The molecule has 0 bridgehead atoms. The van der Waals surface area contributed by atoms with Crippen LogP contribution in [0.3, 0.4) is 0 Å². The molecule has 13 heavy (non-hydrogen) atoms. The quantitative estimate of drug-likeness (QED) is 0.590. The zero-order valence-electron chi connectivity index (χ0n) is 7.98. The van der Waals surface area contributed by atoms with Crippen molar-refractivity contribution in [3.05, 3.63) is 10.6 Å². The fourth-order valence-corrected chi connectivity index (χ4v) is 1.30. The van der Waals surface area contributed by atoms with Crippen LogP contribution in [0.15, 0.2) is 10.6 Å². The van der Waals surface area contributed by atoms with Gasteiger partial charge in [-0.15, -0.1) is 0 Å². The average Bonchev–Trinajstić information content (AvgIpc) is 2.01. The van der Waals surface area contributed by atoms with E-state index in [-0.39, 0.29) is 5.78 Å². The lowest BCUT2D eigenvalue weighted by Crippen LogP contribution is -1.88. The molecule has 76 valence electrons. The number of ketones is 1. The van der Waals surface area contributed by atoms with Gasteiger partial charge in [-0.2, -0.15) is 0 Å². The van der Waals surface area contributed by atoms with E-state index in [4.69, 9.17) is 23.2 Å². The van der Waals surface area contributed by atoms with Crippen molar-refractivity contribution < 1.29 is 4.79 Å². The van der Waals surface area contributed by atoms with Crippen molar-refractivity contribution in [3.8, 4) is 0 Å². The van der Waals surface area contributed by atoms with Crippen molar-refractivity contribution in [1.82, 2.24) is 0 Å². The molecule has 0 aliphatic rings. The summed E-state index contributed by atoms with van der Waals surface area (Å²) in [5.41, 5.74) is 0. The van der Waals surface area contributed by atoms with Crippen LogP contribution in [-0.4, -0.2) is 5.78 Å². The number of carbonyl (C=O) groups excluding carboxylic acids is 1. The Balaban J connectivity index is 3.09. The van der Waals surface area contributed by atoms with E-state index in [0.29, 0.717) is 10.9 Å². The normalized spacial score (nSPS) is 9.77. The lowest BCUT2D eigenvalue weighted by atomic mass is 10.1. The summed E-state index contributed by atoms with van der Waals surface area (Å²) in [6, 6.07) is 0. The van der Waals surface area contributed by atoms with Gasteiger partial charge in [-0.1, -0.05) is 42.1 Å². The van der Waals surface area contributed by atoms with Gasteiger partial charge in [-0.3, -0.25) is 0 Å². The summed E-state index contributed by atoms with van der Waals surface area (Å²) >= 11 is 10.9. The number of Topliss-reactive ketones (excluding diaryl/α,β-unsaturated/α-hetero) is 1. The van der Waals surface area contributed by atoms with Crippen LogP contribution in [0.25, 0.3) is 0 Å². The lowest BCUT2D eigenvalue weighted by molar-refractivity contribution is -0.117. The highest BCUT2D eigenvalue weighted by Crippen LogP contribution is 2.11. The molecule has 0 saturated carbocycles. The van der Waals surface area contributed by atoms with Crippen LogP contribution in [0.5, 0.6) is 0 Å². The van der Waals surface area contributed by atoms with E-state index in [9.17, 15) is 4.79 Å². The maximum atomic E-state index is 10.6. The molecule has 0 amide bonds. The van der Waals surface area contributed by atoms with Gasteiger partial charge in [0.1, 0.15) is 10.3 Å². The number of carbonyl (C=O) groups is 1. The Labute approximate surface area is 90.1 Å². The standard InChI is InChI=1S/C10H16Cl2O/c1-9(13)7-5-3-2-4-6-8-10(11)12/h8H,2-7H2,1H3. The van der Waals surface area contributed by atoms with Gasteiger partial charge in [0, 0.05) is 6.42 Å². The van der Waals surface area contributed by atoms with Gasteiger partial charge in [0.2, 0.25) is 0 Å². The third-order valence-corrected chi connectivity index (χ3v) is 2.09. The van der Waals surface area contributed by atoms with Crippen molar-refractivity contribution in [2.75, 3.05) is 0 Å². The van der Waals surface area contributed by atoms with Crippen molar-refractivity contribution in [2.24, 2.45) is 0 Å². The zero-order valence-corrected chi connectivity index (χ0v) is 9.50. The van der Waals surface area contributed by atoms with Crippen LogP contribution in [0.2, 0.25) is 0 Å². The second kappa shape index (κ2) is 8.58. The Morgan fingerprint density at radius 3 is 2.31 bits per heavy atom. The van der Waals surface area contributed by atoms with Crippen LogP contribution >= 0.6 is 23.2 Å². The first kappa shape index (κ1) is 13.0. The monoisotopic (exact) mass is 222 g/mol. The highest BCUT2D eigenvalue weighted by molar-refractivity contribution is 6.55. The third kappa shape index (κ3) is 12.0. The molecule has 0 rings (SSSR count). The molecule has 1 nitrogen and oxygen atoms in total. The molecule has 0 aliphatic heterocycles. The first-order valence-electron chi connectivity index (χ1n) is 4.63. The van der Waals surface area contributed by atoms with Gasteiger partial charge < -0.3 is 4.79 Å². The molecule has 0 saturated heterocycles. The van der Waals surface area contributed by atoms with Gasteiger partial charge in [-0.05, 0) is 26.2 Å². The fourth-order valence-electron chi connectivity index (χ4n) is 1.08. The summed E-state index contributed by atoms with van der Waals surface area (Å²) in [7, 11) is 0. The van der Waals surface area contributed by atoms with E-state index in [1.807, 2.05) is 6.08 Å². The van der Waals surface area contributed by atoms with Crippen molar-refractivity contribution in [3.63, 3.8) is 0 Å². The Morgan fingerprint density at radius 2 is 1.77 bits per heavy atom. The molecule has 0 N–H and O–H groups in total. The van der Waals surface area contributed by atoms with Crippen LogP contribution in [0.4, 0.5) is 0 Å². The molecule has 0 aromatic carbocycles. The third-order valence-electron chi connectivity index (χ3n) is 1.78. The number of halogens is 2. The van der Waals surface area contributed by atoms with Gasteiger partial charge in [-0.25, -0.2) is 0 Å². The summed E-state index contributed by atoms with van der Waals surface area (Å²) in [5.74, 6) is 0.281. The van der Waals surface area contributed by atoms with Crippen LogP contribution < -0.4 is 0 Å². The van der Waals surface area contributed by atoms with E-state index in [0.717, 1.165) is 32.1 Å². The molecule has 0 fully saturated rings. The Bertz CT molecular complexity index is 172. The topological polar surface area (TPSA) is 17.1 Å². The molecule has 0 radical (unpaired) electrons. The van der Waals surface area contributed by atoms with Gasteiger partial charge >= 0.3 is 0 Å². The maximum Gasteiger partial charge on any atom is 0.129 e. The summed E-state index contributed by atoms with van der Waals surface area (Å²) < 4.78 is 0.351. The summed E-state index contributed by atoms with van der Waals surface area (Å²) in [6.07, 6.45) is 7.83. The van der Waals surface area contributed by atoms with E-state index < -0.39 is 0 Å². The first-order chi connectivity index (χ1) is 6.13. The van der Waals surface area contributed by atoms with E-state index >= 15 is 0 Å². The van der Waals surface area contributed by atoms with Crippen molar-refractivity contribution in [1.29, 1.82) is 0 Å². The van der Waals surface area contributed by atoms with Crippen LogP contribution in [0, 0.1) is 0 Å². The average molecular weight is 223 g/mol. The molecule has 0 atom stereocenters. The molecule has 0 unspecified atom stereocenters. The summed E-state index contributed by atoms with van der Waals surface area (Å²) in [6.45, 7) is 1.63. The smallest absolute Gasteiger partial charge is 0.129 e. The molecule has 0 heterocycles. The minimum absolute atomic E-state index is 0.281. The van der Waals surface area contributed by atoms with E-state index in [1.165, 1.54) is 0 Å². The molecule has 3 heteroatoms. The van der Waals surface area contributed by atoms with Gasteiger partial charge in [0.05, 0.1) is 0 Å². The highest BCUT2D eigenvalue weighted by Gasteiger charge is 1.93. The van der Waals surface area contributed by atoms with E-state index in [1.54, 1.807) is 6.92 Å². The van der Waals surface area contributed by atoms with Crippen LogP contribution in [-0.2, 0) is 4.79 Å². The van der Waals surface area contributed by atoms with Gasteiger partial charge in [0.25, 0.3) is 0 Å². The maximum absolute atomic E-state index is 10.6. The Morgan fingerprint density at radius 1 is 1.15 bits per heavy atom. The minimum atomic E-state index is 0.281. The second-order valence-corrected chi connectivity index (χ2v) is 4.16. The largest absolute Gasteiger partial charge is 0.300 e. The summed E-state index contributed by atoms with van der Waals surface area (Å²) in [4.78, 5) is 10.6. The predicted octanol–water partition coefficient (Wildman–Crippen LogP) is 4.24. The molecular formula is C10H16Cl2O. The summed E-state index contributed by atoms with van der Waals surface area (Å²) in [5, 5.41) is 0. The highest BCUT2D eigenvalue weighted by atomic mass is 35.5. The zero-order chi connectivity index (χ0) is 10.1. The minimum Gasteiger partial charge on any atom is -0.300 e. The second-order valence-electron chi connectivity index (χ2n) is 3.15. The number of unbranched alkanes of at least 4 members (excludes halogenated alkanes) is 4. The van der Waals surface area contributed by atoms with Crippen LogP contribution in [0.1, 0.15) is 45.4 Å². The lowest BCUT2D eigenvalue weighted by Gasteiger charge is -1.97. The number of hydrogen-bond donors (Lipinski definition) is 0. The SMILES string of the molecule is CC(=O)CCCCCCC=C(Cl)Cl. The number of hydrogen-bond acceptors (Lipinski definition) is 1. The first-order valence-corrected chi connectivity index (χ1v) is 5.39. The Hall–Kier alpha value is -0.0100. The number of rotatable bonds is 7. The fraction of sp³-hybridized carbons (Fsp3) is 0.700. The van der Waals surface area contributed by atoms with E-state index in [2.05, 4.69) is 0 Å². The Kier molecular flexibility index (Phi) is 8.58. The van der Waals surface area contributed by atoms with Crippen molar-refractivity contribution >= 4 is 29.0 Å². The number of allylic oxidation sites excluding steroid dienone is 1.